The van der Waals surface area contributed by atoms with Gasteiger partial charge in [0.1, 0.15) is 0 Å². The van der Waals surface area contributed by atoms with Crippen LogP contribution >= 0.6 is 11.6 Å². The van der Waals surface area contributed by atoms with Gasteiger partial charge in [-0.2, -0.15) is 0 Å². The molecule has 0 bridgehead atoms. The molecule has 1 aliphatic rings. The third kappa shape index (κ3) is 3.71. The van der Waals surface area contributed by atoms with Crippen molar-refractivity contribution in [1.29, 1.82) is 0 Å². The standard InChI is InChI=1S/C16H18ClNO2/c1-11(14-4-2-3-5-15(14)17)8-16(20)18-13-7-6-12(9-13)10-19/h2-8,12-13,19H,9-10H2,1H3,(H,18,20)/t12-,13+/m0/s1. The fourth-order valence-electron chi connectivity index (χ4n) is 2.30. The summed E-state index contributed by atoms with van der Waals surface area (Å²) in [5, 5.41) is 12.6. The predicted molar refractivity (Wildman–Crippen MR) is 81.4 cm³/mol. The van der Waals surface area contributed by atoms with Crippen LogP contribution in [0.2, 0.25) is 5.02 Å². The normalized spacial score (nSPS) is 22.1. The van der Waals surface area contributed by atoms with Crippen LogP contribution in [0.5, 0.6) is 0 Å². The molecule has 106 valence electrons. The summed E-state index contributed by atoms with van der Waals surface area (Å²) in [5.41, 5.74) is 1.69. The van der Waals surface area contributed by atoms with Crippen molar-refractivity contribution in [3.05, 3.63) is 53.1 Å². The van der Waals surface area contributed by atoms with Crippen LogP contribution in [-0.2, 0) is 4.79 Å². The molecule has 1 aliphatic carbocycles. The van der Waals surface area contributed by atoms with Crippen LogP contribution in [0.4, 0.5) is 0 Å². The second-order valence-electron chi connectivity index (χ2n) is 4.99. The number of aliphatic hydroxyl groups excluding tert-OH is 1. The van der Waals surface area contributed by atoms with Gasteiger partial charge in [0.25, 0.3) is 0 Å². The second-order valence-corrected chi connectivity index (χ2v) is 5.39. The zero-order valence-corrected chi connectivity index (χ0v) is 12.1. The Balaban J connectivity index is 1.99. The number of carbonyl (C=O) groups is 1. The predicted octanol–water partition coefficient (Wildman–Crippen LogP) is 2.80. The smallest absolute Gasteiger partial charge is 0.244 e. The van der Waals surface area contributed by atoms with Gasteiger partial charge in [-0.1, -0.05) is 42.0 Å². The largest absolute Gasteiger partial charge is 0.396 e. The van der Waals surface area contributed by atoms with Crippen molar-refractivity contribution in [2.75, 3.05) is 6.61 Å². The van der Waals surface area contributed by atoms with Crippen molar-refractivity contribution < 1.29 is 9.90 Å². The number of benzene rings is 1. The molecule has 1 amide bonds. The fraction of sp³-hybridized carbons (Fsp3) is 0.312. The average molecular weight is 292 g/mol. The Labute approximate surface area is 124 Å². The highest BCUT2D eigenvalue weighted by molar-refractivity contribution is 6.32. The third-order valence-corrected chi connectivity index (χ3v) is 3.71. The van der Waals surface area contributed by atoms with Crippen molar-refractivity contribution in [1.82, 2.24) is 5.32 Å². The molecule has 0 fully saturated rings. The van der Waals surface area contributed by atoms with Crippen molar-refractivity contribution in [3.63, 3.8) is 0 Å². The quantitative estimate of drug-likeness (QED) is 0.662. The molecule has 2 atom stereocenters. The summed E-state index contributed by atoms with van der Waals surface area (Å²) in [7, 11) is 0. The first kappa shape index (κ1) is 14.8. The number of allylic oxidation sites excluding steroid dienone is 1. The number of aliphatic hydroxyl groups is 1. The first-order chi connectivity index (χ1) is 9.60. The number of carbonyl (C=O) groups excluding carboxylic acids is 1. The summed E-state index contributed by atoms with van der Waals surface area (Å²) in [5.74, 6) is 0.00426. The number of halogens is 1. The summed E-state index contributed by atoms with van der Waals surface area (Å²) in [6, 6.07) is 7.44. The van der Waals surface area contributed by atoms with E-state index in [1.165, 1.54) is 0 Å². The van der Waals surface area contributed by atoms with Gasteiger partial charge in [0.2, 0.25) is 5.91 Å². The maximum Gasteiger partial charge on any atom is 0.244 e. The molecule has 0 saturated carbocycles. The Morgan fingerprint density at radius 1 is 1.45 bits per heavy atom. The molecule has 20 heavy (non-hydrogen) atoms. The summed E-state index contributed by atoms with van der Waals surface area (Å²) in [4.78, 5) is 12.0. The highest BCUT2D eigenvalue weighted by Crippen LogP contribution is 2.23. The molecule has 0 unspecified atom stereocenters. The lowest BCUT2D eigenvalue weighted by molar-refractivity contribution is -0.116. The van der Waals surface area contributed by atoms with Crippen LogP contribution in [0.15, 0.2) is 42.5 Å². The lowest BCUT2D eigenvalue weighted by Gasteiger charge is -2.11. The summed E-state index contributed by atoms with van der Waals surface area (Å²) >= 11 is 6.10. The summed E-state index contributed by atoms with van der Waals surface area (Å²) in [6.45, 7) is 1.99. The van der Waals surface area contributed by atoms with Crippen molar-refractivity contribution in [3.8, 4) is 0 Å². The maximum absolute atomic E-state index is 12.0. The third-order valence-electron chi connectivity index (χ3n) is 3.38. The van der Waals surface area contributed by atoms with Crippen molar-refractivity contribution >= 4 is 23.1 Å². The van der Waals surface area contributed by atoms with E-state index in [4.69, 9.17) is 16.7 Å². The molecular formula is C16H18ClNO2. The molecule has 0 aromatic heterocycles. The molecule has 0 spiro atoms. The van der Waals surface area contributed by atoms with Crippen LogP contribution in [0.3, 0.4) is 0 Å². The first-order valence-electron chi connectivity index (χ1n) is 6.63. The van der Waals surface area contributed by atoms with E-state index in [-0.39, 0.29) is 24.5 Å². The van der Waals surface area contributed by atoms with E-state index in [2.05, 4.69) is 5.32 Å². The molecule has 0 radical (unpaired) electrons. The van der Waals surface area contributed by atoms with E-state index in [9.17, 15) is 4.79 Å². The molecule has 2 rings (SSSR count). The van der Waals surface area contributed by atoms with E-state index >= 15 is 0 Å². The Kier molecular flexibility index (Phi) is 4.99. The van der Waals surface area contributed by atoms with Gasteiger partial charge < -0.3 is 10.4 Å². The van der Waals surface area contributed by atoms with E-state index < -0.39 is 0 Å². The highest BCUT2D eigenvalue weighted by atomic mass is 35.5. The van der Waals surface area contributed by atoms with Gasteiger partial charge in [0.05, 0.1) is 0 Å². The van der Waals surface area contributed by atoms with Crippen LogP contribution in [0, 0.1) is 5.92 Å². The molecule has 0 heterocycles. The topological polar surface area (TPSA) is 49.3 Å². The number of hydrogen-bond acceptors (Lipinski definition) is 2. The van der Waals surface area contributed by atoms with E-state index in [0.29, 0.717) is 5.02 Å². The highest BCUT2D eigenvalue weighted by Gasteiger charge is 2.19. The number of nitrogens with one attached hydrogen (secondary N) is 1. The Morgan fingerprint density at radius 3 is 2.85 bits per heavy atom. The lowest BCUT2D eigenvalue weighted by atomic mass is 10.1. The average Bonchev–Trinajstić information content (AvgIpc) is 2.86. The second kappa shape index (κ2) is 6.73. The number of amides is 1. The summed E-state index contributed by atoms with van der Waals surface area (Å²) < 4.78 is 0. The molecule has 1 aromatic carbocycles. The minimum atomic E-state index is -0.143. The Bertz CT molecular complexity index is 551. The Hall–Kier alpha value is -1.58. The van der Waals surface area contributed by atoms with Gasteiger partial charge in [-0.3, -0.25) is 4.79 Å². The van der Waals surface area contributed by atoms with Crippen LogP contribution in [0.25, 0.3) is 5.57 Å². The van der Waals surface area contributed by atoms with Crippen molar-refractivity contribution in [2.24, 2.45) is 5.92 Å². The Morgan fingerprint density at radius 2 is 2.20 bits per heavy atom. The van der Waals surface area contributed by atoms with Gasteiger partial charge in [0, 0.05) is 29.7 Å². The van der Waals surface area contributed by atoms with Gasteiger partial charge in [-0.05, 0) is 30.5 Å². The minimum Gasteiger partial charge on any atom is -0.396 e. The molecular weight excluding hydrogens is 274 g/mol. The van der Waals surface area contributed by atoms with Gasteiger partial charge in [-0.15, -0.1) is 0 Å². The number of hydrogen-bond donors (Lipinski definition) is 2. The van der Waals surface area contributed by atoms with E-state index in [1.54, 1.807) is 12.1 Å². The van der Waals surface area contributed by atoms with Crippen LogP contribution in [0.1, 0.15) is 18.9 Å². The van der Waals surface area contributed by atoms with E-state index in [0.717, 1.165) is 17.6 Å². The SMILES string of the molecule is CC(=CC(=O)N[C@@H]1C=C[C@H](CO)C1)c1ccccc1Cl. The molecule has 4 heteroatoms. The van der Waals surface area contributed by atoms with Crippen LogP contribution < -0.4 is 5.32 Å². The lowest BCUT2D eigenvalue weighted by Crippen LogP contribution is -2.31. The molecule has 3 nitrogen and oxygen atoms in total. The van der Waals surface area contributed by atoms with Gasteiger partial charge in [0.15, 0.2) is 0 Å². The monoisotopic (exact) mass is 291 g/mol. The van der Waals surface area contributed by atoms with Crippen molar-refractivity contribution in [2.45, 2.75) is 19.4 Å². The van der Waals surface area contributed by atoms with Gasteiger partial charge in [-0.25, -0.2) is 0 Å². The van der Waals surface area contributed by atoms with E-state index in [1.807, 2.05) is 37.3 Å². The fourth-order valence-corrected chi connectivity index (χ4v) is 2.58. The number of rotatable bonds is 4. The maximum atomic E-state index is 12.0. The minimum absolute atomic E-state index is 0.00468. The molecule has 2 N–H and O–H groups in total. The van der Waals surface area contributed by atoms with Crippen LogP contribution in [-0.4, -0.2) is 23.7 Å². The first-order valence-corrected chi connectivity index (χ1v) is 7.01. The zero-order valence-electron chi connectivity index (χ0n) is 11.3. The molecule has 0 saturated heterocycles. The molecule has 0 aliphatic heterocycles. The summed E-state index contributed by atoms with van der Waals surface area (Å²) in [6.07, 6.45) is 6.18. The zero-order chi connectivity index (χ0) is 14.5. The molecule has 1 aromatic rings. The van der Waals surface area contributed by atoms with Gasteiger partial charge >= 0.3 is 0 Å².